The van der Waals surface area contributed by atoms with Crippen LogP contribution in [0.4, 0.5) is 0 Å². The first-order valence-electron chi connectivity index (χ1n) is 6.24. The summed E-state index contributed by atoms with van der Waals surface area (Å²) in [5, 5.41) is 0. The highest BCUT2D eigenvalue weighted by Crippen LogP contribution is 2.37. The lowest BCUT2D eigenvalue weighted by Gasteiger charge is -2.39. The first-order chi connectivity index (χ1) is 8.82. The fourth-order valence-corrected chi connectivity index (χ4v) is 2.24. The molecule has 0 bridgehead atoms. The Kier molecular flexibility index (Phi) is 4.78. The number of ether oxygens (including phenoxy) is 2. The van der Waals surface area contributed by atoms with Crippen molar-refractivity contribution < 1.29 is 47.6 Å². The molecule has 0 unspecified atom stereocenters. The SMILES string of the molecule is CCC1(c2cc[n+](C)cc2)C(=O)OC(C)(C)OC1=O.[I-]. The van der Waals surface area contributed by atoms with Crippen molar-refractivity contribution in [3.05, 3.63) is 30.1 Å². The summed E-state index contributed by atoms with van der Waals surface area (Å²) in [5.41, 5.74) is -0.761. The maximum atomic E-state index is 12.3. The zero-order valence-electron chi connectivity index (χ0n) is 12.0. The molecule has 20 heavy (non-hydrogen) atoms. The number of carbonyl (C=O) groups excluding carboxylic acids is 2. The summed E-state index contributed by atoms with van der Waals surface area (Å²) in [5.74, 6) is -2.30. The number of aryl methyl sites for hydroxylation is 1. The third kappa shape index (κ3) is 2.65. The highest BCUT2D eigenvalue weighted by Gasteiger charge is 2.56. The Balaban J connectivity index is 0.00000200. The average Bonchev–Trinajstić information content (AvgIpc) is 2.30. The number of aromatic nitrogens is 1. The van der Waals surface area contributed by atoms with Crippen LogP contribution in [0.3, 0.4) is 0 Å². The number of cyclic esters (lactones) is 2. The van der Waals surface area contributed by atoms with Crippen LogP contribution in [0.15, 0.2) is 24.5 Å². The van der Waals surface area contributed by atoms with Crippen molar-refractivity contribution in [2.45, 2.75) is 38.4 Å². The van der Waals surface area contributed by atoms with Crippen LogP contribution in [0.25, 0.3) is 0 Å². The molecule has 0 radical (unpaired) electrons. The third-order valence-corrected chi connectivity index (χ3v) is 3.38. The second-order valence-electron chi connectivity index (χ2n) is 5.19. The monoisotopic (exact) mass is 391 g/mol. The van der Waals surface area contributed by atoms with Crippen molar-refractivity contribution in [3.8, 4) is 0 Å². The summed E-state index contributed by atoms with van der Waals surface area (Å²) in [6, 6.07) is 3.48. The van der Waals surface area contributed by atoms with Gasteiger partial charge in [0.1, 0.15) is 7.05 Å². The van der Waals surface area contributed by atoms with E-state index in [9.17, 15) is 9.59 Å². The van der Waals surface area contributed by atoms with Gasteiger partial charge in [-0.25, -0.2) is 4.57 Å². The quantitative estimate of drug-likeness (QED) is 0.253. The van der Waals surface area contributed by atoms with E-state index in [2.05, 4.69) is 0 Å². The lowest BCUT2D eigenvalue weighted by Crippen LogP contribution is -3.00. The van der Waals surface area contributed by atoms with Crippen molar-refractivity contribution in [1.82, 2.24) is 0 Å². The molecule has 0 spiro atoms. The minimum atomic E-state index is -1.36. The van der Waals surface area contributed by atoms with Crippen LogP contribution in [-0.2, 0) is 31.5 Å². The first-order valence-corrected chi connectivity index (χ1v) is 6.24. The van der Waals surface area contributed by atoms with Crippen molar-refractivity contribution >= 4 is 11.9 Å². The Morgan fingerprint density at radius 1 is 1.10 bits per heavy atom. The molecule has 1 aromatic rings. The van der Waals surface area contributed by atoms with Gasteiger partial charge in [0.2, 0.25) is 0 Å². The fraction of sp³-hybridized carbons (Fsp3) is 0.500. The van der Waals surface area contributed by atoms with Crippen LogP contribution in [0.5, 0.6) is 0 Å². The van der Waals surface area contributed by atoms with Crippen molar-refractivity contribution in [2.75, 3.05) is 0 Å². The van der Waals surface area contributed by atoms with E-state index in [4.69, 9.17) is 9.47 Å². The molecule has 5 nitrogen and oxygen atoms in total. The zero-order valence-corrected chi connectivity index (χ0v) is 14.1. The number of hydrogen-bond donors (Lipinski definition) is 0. The van der Waals surface area contributed by atoms with E-state index in [0.29, 0.717) is 12.0 Å². The number of rotatable bonds is 2. The molecule has 1 saturated heterocycles. The van der Waals surface area contributed by atoms with Gasteiger partial charge in [0, 0.05) is 26.0 Å². The number of carbonyl (C=O) groups is 2. The highest BCUT2D eigenvalue weighted by molar-refractivity contribution is 6.07. The summed E-state index contributed by atoms with van der Waals surface area (Å²) < 4.78 is 12.3. The van der Waals surface area contributed by atoms with Gasteiger partial charge < -0.3 is 33.5 Å². The zero-order chi connectivity index (χ0) is 14.3. The van der Waals surface area contributed by atoms with Gasteiger partial charge in [-0.15, -0.1) is 0 Å². The van der Waals surface area contributed by atoms with E-state index in [0.717, 1.165) is 0 Å². The molecule has 0 atom stereocenters. The van der Waals surface area contributed by atoms with E-state index < -0.39 is 23.1 Å². The first kappa shape index (κ1) is 16.9. The summed E-state index contributed by atoms with van der Waals surface area (Å²) >= 11 is 0. The molecule has 1 aliphatic heterocycles. The van der Waals surface area contributed by atoms with Crippen molar-refractivity contribution in [2.24, 2.45) is 7.05 Å². The Morgan fingerprint density at radius 3 is 1.95 bits per heavy atom. The van der Waals surface area contributed by atoms with Gasteiger partial charge in [0.05, 0.1) is 0 Å². The number of nitrogens with zero attached hydrogens (tertiary/aromatic N) is 1. The van der Waals surface area contributed by atoms with Gasteiger partial charge in [-0.05, 0) is 12.0 Å². The van der Waals surface area contributed by atoms with Gasteiger partial charge >= 0.3 is 11.9 Å². The Hall–Kier alpha value is -1.18. The van der Waals surface area contributed by atoms with Crippen LogP contribution in [0.2, 0.25) is 0 Å². The predicted molar refractivity (Wildman–Crippen MR) is 65.9 cm³/mol. The van der Waals surface area contributed by atoms with Gasteiger partial charge in [-0.1, -0.05) is 6.92 Å². The van der Waals surface area contributed by atoms with Gasteiger partial charge in [0.25, 0.3) is 5.79 Å². The van der Waals surface area contributed by atoms with Gasteiger partial charge in [0.15, 0.2) is 17.8 Å². The largest absolute Gasteiger partial charge is 1.00 e. The maximum Gasteiger partial charge on any atom is 0.331 e. The standard InChI is InChI=1S/C14H18NO4.HI/c1-5-14(10-6-8-15(4)9-7-10)11(16)18-13(2,3)19-12(14)17;/h6-9H,5H2,1-4H3;1H/q+1;/p-1. The van der Waals surface area contributed by atoms with Crippen LogP contribution in [0.1, 0.15) is 32.8 Å². The number of pyridine rings is 1. The van der Waals surface area contributed by atoms with E-state index in [-0.39, 0.29) is 24.0 Å². The molecule has 6 heteroatoms. The molecule has 1 fully saturated rings. The smallest absolute Gasteiger partial charge is 0.331 e. The summed E-state index contributed by atoms with van der Waals surface area (Å²) in [4.78, 5) is 24.7. The second kappa shape index (κ2) is 5.67. The number of halogens is 1. The Bertz CT molecular complexity index is 504. The molecule has 0 amide bonds. The Labute approximate surface area is 135 Å². The number of hydrogen-bond acceptors (Lipinski definition) is 4. The molecule has 1 aromatic heterocycles. The van der Waals surface area contributed by atoms with E-state index in [1.165, 1.54) is 0 Å². The van der Waals surface area contributed by atoms with E-state index >= 15 is 0 Å². The summed E-state index contributed by atoms with van der Waals surface area (Å²) in [7, 11) is 1.86. The predicted octanol–water partition coefficient (Wildman–Crippen LogP) is -2.00. The molecule has 0 aromatic carbocycles. The lowest BCUT2D eigenvalue weighted by atomic mass is 9.77. The van der Waals surface area contributed by atoms with Crippen LogP contribution < -0.4 is 28.5 Å². The van der Waals surface area contributed by atoms with Crippen molar-refractivity contribution in [3.63, 3.8) is 0 Å². The summed E-state index contributed by atoms with van der Waals surface area (Å²) in [6.07, 6.45) is 3.87. The summed E-state index contributed by atoms with van der Waals surface area (Å²) in [6.45, 7) is 4.87. The molecule has 0 saturated carbocycles. The normalized spacial score (nSPS) is 19.6. The van der Waals surface area contributed by atoms with Crippen molar-refractivity contribution in [1.29, 1.82) is 0 Å². The molecule has 0 aliphatic carbocycles. The van der Waals surface area contributed by atoms with Gasteiger partial charge in [-0.2, -0.15) is 0 Å². The topological polar surface area (TPSA) is 56.5 Å². The Morgan fingerprint density at radius 2 is 1.55 bits per heavy atom. The molecule has 110 valence electrons. The molecule has 1 aliphatic rings. The number of esters is 2. The van der Waals surface area contributed by atoms with E-state index in [1.807, 2.05) is 11.6 Å². The molecular weight excluding hydrogens is 373 g/mol. The minimum Gasteiger partial charge on any atom is -1.00 e. The second-order valence-corrected chi connectivity index (χ2v) is 5.19. The fourth-order valence-electron chi connectivity index (χ4n) is 2.24. The molecular formula is C14H18INO4. The van der Waals surface area contributed by atoms with Crippen LogP contribution >= 0.6 is 0 Å². The van der Waals surface area contributed by atoms with Gasteiger partial charge in [-0.3, -0.25) is 9.59 Å². The van der Waals surface area contributed by atoms with Crippen LogP contribution in [-0.4, -0.2) is 17.7 Å². The third-order valence-electron chi connectivity index (χ3n) is 3.38. The lowest BCUT2D eigenvalue weighted by molar-refractivity contribution is -0.671. The van der Waals surface area contributed by atoms with Crippen LogP contribution in [0, 0.1) is 0 Å². The molecule has 0 N–H and O–H groups in total. The average molecular weight is 391 g/mol. The minimum absolute atomic E-state index is 0. The highest BCUT2D eigenvalue weighted by atomic mass is 127. The maximum absolute atomic E-state index is 12.3. The van der Waals surface area contributed by atoms with E-state index in [1.54, 1.807) is 45.3 Å². The molecule has 2 heterocycles. The molecule has 2 rings (SSSR count).